The fourth-order valence-electron chi connectivity index (χ4n) is 1.96. The summed E-state index contributed by atoms with van der Waals surface area (Å²) in [5.41, 5.74) is 1.06. The van der Waals surface area contributed by atoms with Gasteiger partial charge < -0.3 is 10.1 Å². The molecule has 104 valence electrons. The maximum absolute atomic E-state index is 13.4. The van der Waals surface area contributed by atoms with E-state index in [1.165, 1.54) is 25.0 Å². The van der Waals surface area contributed by atoms with Crippen LogP contribution in [0.3, 0.4) is 0 Å². The standard InChI is InChI=1S/C16H15ClFNO/c17-14-8-7-13(9-15(14)18)20-16-4-2-1-3-11(16)10-19-12-5-6-12/h1-4,7-9,12,19H,5-6,10H2. The topological polar surface area (TPSA) is 21.3 Å². The number of benzene rings is 2. The summed E-state index contributed by atoms with van der Waals surface area (Å²) in [5.74, 6) is 0.714. The number of hydrogen-bond donors (Lipinski definition) is 1. The summed E-state index contributed by atoms with van der Waals surface area (Å²) >= 11 is 5.67. The summed E-state index contributed by atoms with van der Waals surface area (Å²) in [6, 6.07) is 12.9. The minimum Gasteiger partial charge on any atom is -0.457 e. The van der Waals surface area contributed by atoms with Crippen LogP contribution in [0.2, 0.25) is 5.02 Å². The second kappa shape index (κ2) is 5.81. The molecule has 4 heteroatoms. The van der Waals surface area contributed by atoms with Gasteiger partial charge in [0.1, 0.15) is 17.3 Å². The molecule has 0 saturated heterocycles. The smallest absolute Gasteiger partial charge is 0.145 e. The van der Waals surface area contributed by atoms with Crippen LogP contribution in [0.4, 0.5) is 4.39 Å². The molecule has 1 aliphatic carbocycles. The molecule has 0 unspecified atom stereocenters. The molecule has 2 aromatic carbocycles. The number of para-hydroxylation sites is 1. The predicted octanol–water partition coefficient (Wildman–Crippen LogP) is 4.52. The molecule has 3 rings (SSSR count). The van der Waals surface area contributed by atoms with Crippen molar-refractivity contribution < 1.29 is 9.13 Å². The van der Waals surface area contributed by atoms with Crippen molar-refractivity contribution in [3.63, 3.8) is 0 Å². The molecule has 1 saturated carbocycles. The monoisotopic (exact) mass is 291 g/mol. The summed E-state index contributed by atoms with van der Waals surface area (Å²) in [5, 5.41) is 3.54. The number of ether oxygens (including phenoxy) is 1. The zero-order chi connectivity index (χ0) is 13.9. The first-order chi connectivity index (χ1) is 9.72. The normalized spacial score (nSPS) is 14.3. The molecule has 0 bridgehead atoms. The molecule has 1 aliphatic rings. The number of hydrogen-bond acceptors (Lipinski definition) is 2. The van der Waals surface area contributed by atoms with E-state index in [0.29, 0.717) is 11.8 Å². The van der Waals surface area contributed by atoms with E-state index in [-0.39, 0.29) is 5.02 Å². The summed E-state index contributed by atoms with van der Waals surface area (Å²) in [4.78, 5) is 0. The molecule has 2 nitrogen and oxygen atoms in total. The van der Waals surface area contributed by atoms with Crippen LogP contribution in [0, 0.1) is 5.82 Å². The van der Waals surface area contributed by atoms with E-state index in [1.54, 1.807) is 6.07 Å². The highest BCUT2D eigenvalue weighted by molar-refractivity contribution is 6.30. The minimum atomic E-state index is -0.474. The number of halogens is 2. The predicted molar refractivity (Wildman–Crippen MR) is 77.8 cm³/mol. The molecule has 0 atom stereocenters. The Labute approximate surface area is 122 Å². The highest BCUT2D eigenvalue weighted by Crippen LogP contribution is 2.28. The van der Waals surface area contributed by atoms with Gasteiger partial charge >= 0.3 is 0 Å². The quantitative estimate of drug-likeness (QED) is 0.874. The first-order valence-electron chi connectivity index (χ1n) is 6.66. The van der Waals surface area contributed by atoms with Gasteiger partial charge in [-0.05, 0) is 31.0 Å². The Morgan fingerprint density at radius 2 is 2.00 bits per heavy atom. The van der Waals surface area contributed by atoms with E-state index in [0.717, 1.165) is 17.9 Å². The molecule has 0 heterocycles. The van der Waals surface area contributed by atoms with Gasteiger partial charge in [0.15, 0.2) is 0 Å². The first kappa shape index (κ1) is 13.4. The van der Waals surface area contributed by atoms with E-state index in [9.17, 15) is 4.39 Å². The molecule has 0 aliphatic heterocycles. The molecule has 0 spiro atoms. The van der Waals surface area contributed by atoms with Gasteiger partial charge in [0.05, 0.1) is 5.02 Å². The second-order valence-corrected chi connectivity index (χ2v) is 5.35. The third-order valence-electron chi connectivity index (χ3n) is 3.25. The van der Waals surface area contributed by atoms with Crippen LogP contribution < -0.4 is 10.1 Å². The lowest BCUT2D eigenvalue weighted by molar-refractivity contribution is 0.467. The SMILES string of the molecule is Fc1cc(Oc2ccccc2CNC2CC2)ccc1Cl. The van der Waals surface area contributed by atoms with Gasteiger partial charge in [-0.15, -0.1) is 0 Å². The fraction of sp³-hybridized carbons (Fsp3) is 0.250. The largest absolute Gasteiger partial charge is 0.457 e. The molecular formula is C16H15ClFNO. The highest BCUT2D eigenvalue weighted by Gasteiger charge is 2.20. The number of nitrogens with one attached hydrogen (secondary N) is 1. The van der Waals surface area contributed by atoms with Crippen LogP contribution in [-0.4, -0.2) is 6.04 Å². The van der Waals surface area contributed by atoms with Gasteiger partial charge in [0.25, 0.3) is 0 Å². The second-order valence-electron chi connectivity index (χ2n) is 4.94. The Kier molecular flexibility index (Phi) is 3.90. The van der Waals surface area contributed by atoms with Crippen molar-refractivity contribution in [2.24, 2.45) is 0 Å². The first-order valence-corrected chi connectivity index (χ1v) is 7.04. The van der Waals surface area contributed by atoms with Crippen LogP contribution in [0.25, 0.3) is 0 Å². The van der Waals surface area contributed by atoms with Crippen LogP contribution in [0.15, 0.2) is 42.5 Å². The average Bonchev–Trinajstić information content (AvgIpc) is 3.26. The molecule has 1 N–H and O–H groups in total. The van der Waals surface area contributed by atoms with Crippen molar-refractivity contribution >= 4 is 11.6 Å². The zero-order valence-corrected chi connectivity index (χ0v) is 11.7. The van der Waals surface area contributed by atoms with Gasteiger partial charge in [-0.3, -0.25) is 0 Å². The van der Waals surface area contributed by atoms with Crippen molar-refractivity contribution in [3.05, 3.63) is 58.9 Å². The Balaban J connectivity index is 1.76. The third-order valence-corrected chi connectivity index (χ3v) is 3.56. The Bertz CT molecular complexity index is 613. The molecule has 0 amide bonds. The average molecular weight is 292 g/mol. The van der Waals surface area contributed by atoms with Gasteiger partial charge in [-0.25, -0.2) is 4.39 Å². The Morgan fingerprint density at radius 3 is 2.75 bits per heavy atom. The Hall–Kier alpha value is -1.58. The summed E-state index contributed by atoms with van der Waals surface area (Å²) in [7, 11) is 0. The molecular weight excluding hydrogens is 277 g/mol. The summed E-state index contributed by atoms with van der Waals surface area (Å²) in [6.45, 7) is 0.761. The summed E-state index contributed by atoms with van der Waals surface area (Å²) < 4.78 is 19.2. The van der Waals surface area contributed by atoms with Crippen molar-refractivity contribution in [3.8, 4) is 11.5 Å². The Morgan fingerprint density at radius 1 is 1.20 bits per heavy atom. The molecule has 0 radical (unpaired) electrons. The fourth-order valence-corrected chi connectivity index (χ4v) is 2.08. The van der Waals surface area contributed by atoms with E-state index in [1.807, 2.05) is 24.3 Å². The molecule has 20 heavy (non-hydrogen) atoms. The van der Waals surface area contributed by atoms with Crippen molar-refractivity contribution in [2.75, 3.05) is 0 Å². The van der Waals surface area contributed by atoms with Gasteiger partial charge in [-0.2, -0.15) is 0 Å². The van der Waals surface area contributed by atoms with E-state index < -0.39 is 5.82 Å². The highest BCUT2D eigenvalue weighted by atomic mass is 35.5. The van der Waals surface area contributed by atoms with Crippen molar-refractivity contribution in [1.82, 2.24) is 5.32 Å². The molecule has 1 fully saturated rings. The molecule has 0 aromatic heterocycles. The lowest BCUT2D eigenvalue weighted by Crippen LogP contribution is -2.15. The third kappa shape index (κ3) is 3.30. The van der Waals surface area contributed by atoms with Crippen molar-refractivity contribution in [1.29, 1.82) is 0 Å². The maximum Gasteiger partial charge on any atom is 0.145 e. The number of rotatable bonds is 5. The van der Waals surface area contributed by atoms with Crippen molar-refractivity contribution in [2.45, 2.75) is 25.4 Å². The summed E-state index contributed by atoms with van der Waals surface area (Å²) in [6.07, 6.45) is 2.48. The van der Waals surface area contributed by atoms with Crippen LogP contribution in [0.5, 0.6) is 11.5 Å². The maximum atomic E-state index is 13.4. The lowest BCUT2D eigenvalue weighted by atomic mass is 10.2. The van der Waals surface area contributed by atoms with Gasteiger partial charge in [0.2, 0.25) is 0 Å². The lowest BCUT2D eigenvalue weighted by Gasteiger charge is -2.12. The molecule has 2 aromatic rings. The van der Waals surface area contributed by atoms with E-state index >= 15 is 0 Å². The van der Waals surface area contributed by atoms with E-state index in [2.05, 4.69) is 5.32 Å². The van der Waals surface area contributed by atoms with E-state index in [4.69, 9.17) is 16.3 Å². The van der Waals surface area contributed by atoms with Gasteiger partial charge in [-0.1, -0.05) is 29.8 Å². The zero-order valence-electron chi connectivity index (χ0n) is 10.9. The minimum absolute atomic E-state index is 0.0982. The van der Waals surface area contributed by atoms with Crippen LogP contribution >= 0.6 is 11.6 Å². The van der Waals surface area contributed by atoms with Crippen LogP contribution in [-0.2, 0) is 6.54 Å². The van der Waals surface area contributed by atoms with Crippen LogP contribution in [0.1, 0.15) is 18.4 Å². The van der Waals surface area contributed by atoms with Gasteiger partial charge in [0, 0.05) is 24.2 Å².